The molecule has 2 aliphatic heterocycles. The SMILES string of the molecule is CC(C)(C)C1CCCN(C(=O)CC2CCNC2)CC1. The zero-order valence-corrected chi connectivity index (χ0v) is 12.9. The van der Waals surface area contributed by atoms with E-state index in [9.17, 15) is 4.79 Å². The van der Waals surface area contributed by atoms with Gasteiger partial charge in [0.1, 0.15) is 0 Å². The van der Waals surface area contributed by atoms with Crippen molar-refractivity contribution in [1.82, 2.24) is 10.2 Å². The monoisotopic (exact) mass is 266 g/mol. The third-order valence-electron chi connectivity index (χ3n) is 4.93. The second kappa shape index (κ2) is 6.25. The first-order valence-corrected chi connectivity index (χ1v) is 7.95. The van der Waals surface area contributed by atoms with Gasteiger partial charge in [-0.1, -0.05) is 20.8 Å². The maximum atomic E-state index is 12.4. The lowest BCUT2D eigenvalue weighted by atomic mass is 9.77. The van der Waals surface area contributed by atoms with Gasteiger partial charge in [0.2, 0.25) is 5.91 Å². The first-order chi connectivity index (χ1) is 8.97. The summed E-state index contributed by atoms with van der Waals surface area (Å²) in [6.45, 7) is 11.1. The van der Waals surface area contributed by atoms with E-state index >= 15 is 0 Å². The van der Waals surface area contributed by atoms with E-state index in [4.69, 9.17) is 0 Å². The van der Waals surface area contributed by atoms with Gasteiger partial charge in [0, 0.05) is 19.5 Å². The van der Waals surface area contributed by atoms with Crippen LogP contribution in [0.15, 0.2) is 0 Å². The molecule has 110 valence electrons. The van der Waals surface area contributed by atoms with E-state index in [0.29, 0.717) is 17.2 Å². The number of amides is 1. The molecule has 0 spiro atoms. The van der Waals surface area contributed by atoms with E-state index in [0.717, 1.165) is 38.5 Å². The average molecular weight is 266 g/mol. The number of nitrogens with one attached hydrogen (secondary N) is 1. The summed E-state index contributed by atoms with van der Waals surface area (Å²) < 4.78 is 0. The molecule has 0 aromatic rings. The van der Waals surface area contributed by atoms with Crippen LogP contribution in [0.2, 0.25) is 0 Å². The van der Waals surface area contributed by atoms with Crippen LogP contribution in [0.1, 0.15) is 52.9 Å². The van der Waals surface area contributed by atoms with Gasteiger partial charge in [-0.25, -0.2) is 0 Å². The third-order valence-corrected chi connectivity index (χ3v) is 4.93. The molecule has 2 unspecified atom stereocenters. The molecule has 3 nitrogen and oxygen atoms in total. The zero-order valence-electron chi connectivity index (χ0n) is 12.9. The van der Waals surface area contributed by atoms with Crippen LogP contribution in [0.4, 0.5) is 0 Å². The fourth-order valence-corrected chi connectivity index (χ4v) is 3.48. The molecular weight excluding hydrogens is 236 g/mol. The van der Waals surface area contributed by atoms with Crippen LogP contribution in [0, 0.1) is 17.3 Å². The summed E-state index contributed by atoms with van der Waals surface area (Å²) in [6, 6.07) is 0. The van der Waals surface area contributed by atoms with Crippen molar-refractivity contribution in [2.45, 2.75) is 52.9 Å². The summed E-state index contributed by atoms with van der Waals surface area (Å²) >= 11 is 0. The molecular formula is C16H30N2O. The molecule has 2 rings (SSSR count). The van der Waals surface area contributed by atoms with Crippen molar-refractivity contribution in [1.29, 1.82) is 0 Å². The molecule has 1 amide bonds. The fraction of sp³-hybridized carbons (Fsp3) is 0.938. The maximum absolute atomic E-state index is 12.4. The van der Waals surface area contributed by atoms with Crippen molar-refractivity contribution in [3.63, 3.8) is 0 Å². The van der Waals surface area contributed by atoms with E-state index in [2.05, 4.69) is 31.0 Å². The van der Waals surface area contributed by atoms with Crippen LogP contribution in [-0.2, 0) is 4.79 Å². The lowest BCUT2D eigenvalue weighted by Crippen LogP contribution is -2.34. The average Bonchev–Trinajstić information content (AvgIpc) is 2.69. The van der Waals surface area contributed by atoms with Crippen molar-refractivity contribution in [2.75, 3.05) is 26.2 Å². The summed E-state index contributed by atoms with van der Waals surface area (Å²) in [5.41, 5.74) is 0.383. The minimum atomic E-state index is 0.383. The van der Waals surface area contributed by atoms with Gasteiger partial charge in [-0.15, -0.1) is 0 Å². The number of hydrogen-bond acceptors (Lipinski definition) is 2. The summed E-state index contributed by atoms with van der Waals surface area (Å²) in [6.07, 6.45) is 5.56. The molecule has 3 heteroatoms. The zero-order chi connectivity index (χ0) is 13.9. The van der Waals surface area contributed by atoms with Gasteiger partial charge in [-0.2, -0.15) is 0 Å². The standard InChI is InChI=1S/C16H30N2O/c1-16(2,3)14-5-4-9-18(10-7-14)15(19)11-13-6-8-17-12-13/h13-14,17H,4-12H2,1-3H3. The molecule has 2 fully saturated rings. The van der Waals surface area contributed by atoms with Crippen molar-refractivity contribution in [2.24, 2.45) is 17.3 Å². The van der Waals surface area contributed by atoms with Gasteiger partial charge < -0.3 is 10.2 Å². The number of likely N-dealkylation sites (tertiary alicyclic amines) is 1. The Bertz CT molecular complexity index is 302. The van der Waals surface area contributed by atoms with Crippen molar-refractivity contribution in [3.8, 4) is 0 Å². The Labute approximate surface area is 118 Å². The normalized spacial score (nSPS) is 29.3. The Morgan fingerprint density at radius 1 is 1.21 bits per heavy atom. The molecule has 0 radical (unpaired) electrons. The van der Waals surface area contributed by atoms with Gasteiger partial charge in [0.05, 0.1) is 0 Å². The molecule has 0 bridgehead atoms. The van der Waals surface area contributed by atoms with Crippen LogP contribution in [0.3, 0.4) is 0 Å². The topological polar surface area (TPSA) is 32.3 Å². The molecule has 19 heavy (non-hydrogen) atoms. The summed E-state index contributed by atoms with van der Waals surface area (Å²) in [4.78, 5) is 14.5. The second-order valence-electron chi connectivity index (χ2n) is 7.44. The summed E-state index contributed by atoms with van der Waals surface area (Å²) in [5.74, 6) is 1.73. The van der Waals surface area contributed by atoms with Crippen LogP contribution in [0.5, 0.6) is 0 Å². The molecule has 0 aromatic carbocycles. The largest absolute Gasteiger partial charge is 0.343 e. The molecule has 0 saturated carbocycles. The van der Waals surface area contributed by atoms with Gasteiger partial charge in [0.25, 0.3) is 0 Å². The quantitative estimate of drug-likeness (QED) is 0.833. The highest BCUT2D eigenvalue weighted by atomic mass is 16.2. The van der Waals surface area contributed by atoms with E-state index < -0.39 is 0 Å². The Balaban J connectivity index is 1.82. The van der Waals surface area contributed by atoms with Gasteiger partial charge in [-0.05, 0) is 56.0 Å². The number of carbonyl (C=O) groups is 1. The van der Waals surface area contributed by atoms with Crippen LogP contribution < -0.4 is 5.32 Å². The molecule has 2 heterocycles. The van der Waals surface area contributed by atoms with E-state index in [1.165, 1.54) is 25.7 Å². The smallest absolute Gasteiger partial charge is 0.222 e. The lowest BCUT2D eigenvalue weighted by molar-refractivity contribution is -0.132. The highest BCUT2D eigenvalue weighted by Gasteiger charge is 2.29. The first-order valence-electron chi connectivity index (χ1n) is 7.95. The van der Waals surface area contributed by atoms with E-state index in [1.807, 2.05) is 0 Å². The Morgan fingerprint density at radius 3 is 2.63 bits per heavy atom. The third kappa shape index (κ3) is 4.20. The number of nitrogens with zero attached hydrogens (tertiary/aromatic N) is 1. The summed E-state index contributed by atoms with van der Waals surface area (Å²) in [5, 5.41) is 3.35. The van der Waals surface area contributed by atoms with Crippen LogP contribution >= 0.6 is 0 Å². The fourth-order valence-electron chi connectivity index (χ4n) is 3.48. The Hall–Kier alpha value is -0.570. The first kappa shape index (κ1) is 14.8. The van der Waals surface area contributed by atoms with Crippen molar-refractivity contribution < 1.29 is 4.79 Å². The molecule has 2 saturated heterocycles. The highest BCUT2D eigenvalue weighted by molar-refractivity contribution is 5.76. The van der Waals surface area contributed by atoms with Crippen molar-refractivity contribution >= 4 is 5.91 Å². The second-order valence-corrected chi connectivity index (χ2v) is 7.44. The number of carbonyl (C=O) groups excluding carboxylic acids is 1. The predicted molar refractivity (Wildman–Crippen MR) is 79.0 cm³/mol. The van der Waals surface area contributed by atoms with Gasteiger partial charge in [-0.3, -0.25) is 4.79 Å². The lowest BCUT2D eigenvalue weighted by Gasteiger charge is -2.29. The minimum Gasteiger partial charge on any atom is -0.343 e. The van der Waals surface area contributed by atoms with Crippen LogP contribution in [-0.4, -0.2) is 37.0 Å². The molecule has 2 aliphatic rings. The minimum absolute atomic E-state index is 0.383. The van der Waals surface area contributed by atoms with E-state index in [1.54, 1.807) is 0 Å². The summed E-state index contributed by atoms with van der Waals surface area (Å²) in [7, 11) is 0. The van der Waals surface area contributed by atoms with E-state index in [-0.39, 0.29) is 0 Å². The maximum Gasteiger partial charge on any atom is 0.222 e. The van der Waals surface area contributed by atoms with Crippen molar-refractivity contribution in [3.05, 3.63) is 0 Å². The molecule has 1 N–H and O–H groups in total. The van der Waals surface area contributed by atoms with Gasteiger partial charge >= 0.3 is 0 Å². The van der Waals surface area contributed by atoms with Gasteiger partial charge in [0.15, 0.2) is 0 Å². The number of hydrogen-bond donors (Lipinski definition) is 1. The highest BCUT2D eigenvalue weighted by Crippen LogP contribution is 2.34. The Morgan fingerprint density at radius 2 is 2.00 bits per heavy atom. The number of rotatable bonds is 2. The molecule has 0 aromatic heterocycles. The molecule has 0 aliphatic carbocycles. The predicted octanol–water partition coefficient (Wildman–Crippen LogP) is 2.66. The Kier molecular flexibility index (Phi) is 4.88. The molecule has 2 atom stereocenters. The van der Waals surface area contributed by atoms with Crippen LogP contribution in [0.25, 0.3) is 0 Å².